The number of fused-ring (bicyclic) bond motifs is 15. The van der Waals surface area contributed by atoms with E-state index in [2.05, 4.69) is 454 Å². The molecule has 0 radical (unpaired) electrons. The summed E-state index contributed by atoms with van der Waals surface area (Å²) in [4.78, 5) is 34.5. The molecule has 0 unspecified atom stereocenters. The van der Waals surface area contributed by atoms with Gasteiger partial charge < -0.3 is 13.7 Å². The van der Waals surface area contributed by atoms with Crippen LogP contribution in [0.4, 0.5) is 0 Å². The van der Waals surface area contributed by atoms with E-state index in [1.54, 1.807) is 0 Å². The van der Waals surface area contributed by atoms with E-state index in [1.165, 1.54) is 137 Å². The van der Waals surface area contributed by atoms with Gasteiger partial charge in [-0.1, -0.05) is 357 Å². The number of aromatic nitrogens is 12. The molecule has 8 heterocycles. The second-order valence-corrected chi connectivity index (χ2v) is 36.9. The van der Waals surface area contributed by atoms with Crippen molar-refractivity contribution in [2.24, 2.45) is 0 Å². The third-order valence-corrected chi connectivity index (χ3v) is 28.0. The number of hydrogen-bond donors (Lipinski definition) is 0. The number of aryl methyl sites for hydroxylation is 2. The summed E-state index contributed by atoms with van der Waals surface area (Å²) in [7, 11) is 0. The molecule has 0 fully saturated rings. The van der Waals surface area contributed by atoms with Crippen LogP contribution < -0.4 is 0 Å². The molecule has 0 aliphatic rings. The lowest BCUT2D eigenvalue weighted by molar-refractivity contribution is 0.991. The molecular formula is C133H90N12. The Morgan fingerprint density at radius 1 is 0.159 bits per heavy atom. The molecule has 28 aromatic rings. The van der Waals surface area contributed by atoms with Gasteiger partial charge >= 0.3 is 0 Å². The van der Waals surface area contributed by atoms with Gasteiger partial charge in [0.05, 0.1) is 66.6 Å². The largest absolute Gasteiger partial charge is 0.309 e. The van der Waals surface area contributed by atoms with Crippen molar-refractivity contribution in [3.63, 3.8) is 0 Å². The third-order valence-electron chi connectivity index (χ3n) is 28.0. The van der Waals surface area contributed by atoms with E-state index in [4.69, 9.17) is 29.9 Å². The average Bonchev–Trinajstić information content (AvgIpc) is 1.58. The van der Waals surface area contributed by atoms with Gasteiger partial charge in [0, 0.05) is 111 Å². The van der Waals surface area contributed by atoms with Gasteiger partial charge in [-0.3, -0.25) is 9.13 Å². The van der Waals surface area contributed by atoms with Crippen molar-refractivity contribution < 1.29 is 0 Å². The molecule has 28 rings (SSSR count). The zero-order valence-corrected chi connectivity index (χ0v) is 79.4. The van der Waals surface area contributed by atoms with Gasteiger partial charge in [0.2, 0.25) is 11.9 Å². The number of benzene rings is 20. The first kappa shape index (κ1) is 85.9. The van der Waals surface area contributed by atoms with Crippen molar-refractivity contribution in [2.45, 2.75) is 13.8 Å². The summed E-state index contributed by atoms with van der Waals surface area (Å²) in [6.07, 6.45) is 3.72. The summed E-state index contributed by atoms with van der Waals surface area (Å²) in [5.74, 6) is 3.27. The van der Waals surface area contributed by atoms with Crippen molar-refractivity contribution in [3.05, 3.63) is 521 Å². The summed E-state index contributed by atoms with van der Waals surface area (Å²) in [5.41, 5.74) is 36.0. The molecule has 0 aliphatic heterocycles. The molecule has 0 bridgehead atoms. The van der Waals surface area contributed by atoms with Gasteiger partial charge in [-0.05, 0) is 221 Å². The zero-order chi connectivity index (χ0) is 96.4. The van der Waals surface area contributed by atoms with E-state index < -0.39 is 0 Å². The predicted octanol–water partition coefficient (Wildman–Crippen LogP) is 33.6. The Kier molecular flexibility index (Phi) is 21.8. The van der Waals surface area contributed by atoms with E-state index in [9.17, 15) is 0 Å². The second-order valence-electron chi connectivity index (χ2n) is 36.9. The second kappa shape index (κ2) is 36.7. The number of rotatable bonds is 15. The summed E-state index contributed by atoms with van der Waals surface area (Å²) in [5, 5.41) is 12.2. The zero-order valence-electron chi connectivity index (χ0n) is 79.4. The molecular weight excluding hydrogens is 1770 g/mol. The lowest BCUT2D eigenvalue weighted by Crippen LogP contribution is -2.02. The molecule has 0 N–H and O–H groups in total. The van der Waals surface area contributed by atoms with E-state index >= 15 is 0 Å². The summed E-state index contributed by atoms with van der Waals surface area (Å²) in [6, 6.07) is 176. The highest BCUT2D eigenvalue weighted by molar-refractivity contribution is 6.16. The molecule has 0 amide bonds. The first-order valence-electron chi connectivity index (χ1n) is 49.0. The molecule has 0 aliphatic carbocycles. The van der Waals surface area contributed by atoms with Crippen molar-refractivity contribution in [3.8, 4) is 141 Å². The quantitative estimate of drug-likeness (QED) is 0.100. The maximum atomic E-state index is 5.18. The van der Waals surface area contributed by atoms with E-state index in [0.29, 0.717) is 29.4 Å². The van der Waals surface area contributed by atoms with Gasteiger partial charge in [-0.25, -0.2) is 34.9 Å². The number of nitrogens with zero attached hydrogens (tertiary/aromatic N) is 12. The van der Waals surface area contributed by atoms with E-state index in [0.717, 1.165) is 94.8 Å². The molecule has 12 nitrogen and oxygen atoms in total. The van der Waals surface area contributed by atoms with Crippen molar-refractivity contribution in [2.75, 3.05) is 0 Å². The SMILES string of the molecule is Cc1cc(C)c2c(c1)c1cc(-c3ccc4c(c3)c3ccccc3n4-c3ccccc3)ccc1n2-c1ccc(-c2nc(-c3ccccc3)nc(-c3ccccc3)n2)cc1.c1ccc(-c2ccc(-c3cccc(-c4ccnc(-n5c6ccccc6c6cc(-n7c8ccccc8c8ccccc87)ccc65)n4)c3)cc2)cc1.c1ccc(-c2ccc(-c3cccc(-c4ccnc(-n5c6ccccc6c6ccccc65)n4)c3)cc2)cc1. The lowest BCUT2D eigenvalue weighted by atomic mass is 9.98. The highest BCUT2D eigenvalue weighted by atomic mass is 15.2. The Balaban J connectivity index is 0.000000113. The standard InChI is InChI=1S/C53H37N5.C46H30N4.C34H23N3/c1-34-30-35(2)50-46(31-34)45-33-40(39-24-28-48-44(32-39)43-20-12-13-21-47(43)57(48)41-18-10-5-11-19-41)25-29-49(45)58(50)42-26-22-38(23-27-42)53-55-51(36-14-6-3-7-15-36)54-52(56-53)37-16-8-4-9-17-37;1-2-11-31(12-3-1)32-21-23-33(24-22-32)34-13-10-14-35(29-34)41-27-28-47-46(48-41)50-44-20-9-6-17-39(44)40-30-36(25-26-45(40)50)49-42-18-7-4-15-37(42)38-16-5-8-19-43(38)49;1-2-9-24(10-3-1)25-17-19-26(20-18-25)27-11-8-12-28(23-27)31-21-22-35-34(36-31)37-32-15-6-4-13-29(32)30-14-5-7-16-33(30)37/h3-33H,1-2H3;1-30H;1-23H. The minimum absolute atomic E-state index is 0.641. The van der Waals surface area contributed by atoms with Crippen LogP contribution in [0.2, 0.25) is 0 Å². The topological polar surface area (TPSA) is 115 Å². The van der Waals surface area contributed by atoms with E-state index in [-0.39, 0.29) is 0 Å². The molecule has 20 aromatic carbocycles. The first-order chi connectivity index (χ1) is 71.7. The van der Waals surface area contributed by atoms with Crippen molar-refractivity contribution in [1.29, 1.82) is 0 Å². The van der Waals surface area contributed by atoms with Crippen LogP contribution in [0.5, 0.6) is 0 Å². The van der Waals surface area contributed by atoms with Crippen molar-refractivity contribution in [1.82, 2.24) is 57.7 Å². The van der Waals surface area contributed by atoms with Crippen LogP contribution in [-0.2, 0) is 0 Å². The van der Waals surface area contributed by atoms with Crippen LogP contribution in [0, 0.1) is 13.8 Å². The highest BCUT2D eigenvalue weighted by Gasteiger charge is 2.24. The smallest absolute Gasteiger partial charge is 0.235 e. The van der Waals surface area contributed by atoms with Crippen LogP contribution in [0.3, 0.4) is 0 Å². The Bertz CT molecular complexity index is 9650. The lowest BCUT2D eigenvalue weighted by Gasteiger charge is -2.12. The van der Waals surface area contributed by atoms with Gasteiger partial charge in [0.1, 0.15) is 0 Å². The van der Waals surface area contributed by atoms with Crippen LogP contribution >= 0.6 is 0 Å². The maximum absolute atomic E-state index is 5.18. The fraction of sp³-hybridized carbons (Fsp3) is 0.0150. The average molecular weight is 1860 g/mol. The van der Waals surface area contributed by atoms with Gasteiger partial charge in [-0.15, -0.1) is 0 Å². The Labute approximate surface area is 837 Å². The minimum Gasteiger partial charge on any atom is -0.309 e. The van der Waals surface area contributed by atoms with Gasteiger partial charge in [0.25, 0.3) is 0 Å². The summed E-state index contributed by atoms with van der Waals surface area (Å²) >= 11 is 0. The molecule has 145 heavy (non-hydrogen) atoms. The predicted molar refractivity (Wildman–Crippen MR) is 599 cm³/mol. The maximum Gasteiger partial charge on any atom is 0.235 e. The van der Waals surface area contributed by atoms with Crippen LogP contribution in [0.15, 0.2) is 510 Å². The minimum atomic E-state index is 0.641. The first-order valence-corrected chi connectivity index (χ1v) is 49.0. The Morgan fingerprint density at radius 3 is 0.855 bits per heavy atom. The summed E-state index contributed by atoms with van der Waals surface area (Å²) < 4.78 is 11.5. The molecule has 682 valence electrons. The summed E-state index contributed by atoms with van der Waals surface area (Å²) in [6.45, 7) is 4.41. The monoisotopic (exact) mass is 1850 g/mol. The van der Waals surface area contributed by atoms with Crippen LogP contribution in [0.25, 0.3) is 250 Å². The molecule has 0 atom stereocenters. The van der Waals surface area contributed by atoms with Gasteiger partial charge in [-0.2, -0.15) is 0 Å². The fourth-order valence-electron chi connectivity index (χ4n) is 21.3. The van der Waals surface area contributed by atoms with E-state index in [1.807, 2.05) is 97.3 Å². The molecule has 0 saturated carbocycles. The number of para-hydroxylation sites is 7. The molecule has 8 aromatic heterocycles. The highest BCUT2D eigenvalue weighted by Crippen LogP contribution is 2.44. The molecule has 0 spiro atoms. The van der Waals surface area contributed by atoms with Crippen molar-refractivity contribution >= 4 is 109 Å². The van der Waals surface area contributed by atoms with Gasteiger partial charge in [0.15, 0.2) is 17.5 Å². The normalized spacial score (nSPS) is 11.5. The number of hydrogen-bond acceptors (Lipinski definition) is 7. The van der Waals surface area contributed by atoms with Crippen LogP contribution in [-0.4, -0.2) is 57.7 Å². The Hall–Kier alpha value is -19.4. The van der Waals surface area contributed by atoms with Crippen LogP contribution in [0.1, 0.15) is 11.1 Å². The fourth-order valence-corrected chi connectivity index (χ4v) is 21.3. The molecule has 12 heteroatoms. The Morgan fingerprint density at radius 2 is 0.428 bits per heavy atom. The molecule has 0 saturated heterocycles. The third kappa shape index (κ3) is 15.9.